The van der Waals surface area contributed by atoms with Crippen molar-refractivity contribution in [1.82, 2.24) is 30.2 Å². The van der Waals surface area contributed by atoms with Crippen molar-refractivity contribution < 1.29 is 9.32 Å². The summed E-state index contributed by atoms with van der Waals surface area (Å²) in [5.41, 5.74) is 1.96. The lowest BCUT2D eigenvalue weighted by Crippen LogP contribution is -2.26. The second-order valence-electron chi connectivity index (χ2n) is 5.55. The zero-order chi connectivity index (χ0) is 17.9. The Morgan fingerprint density at radius 2 is 2.23 bits per heavy atom. The molecule has 0 aromatic carbocycles. The highest BCUT2D eigenvalue weighted by Gasteiger charge is 2.21. The lowest BCUT2D eigenvalue weighted by molar-refractivity contribution is 0.0770. The molecule has 8 nitrogen and oxygen atoms in total. The van der Waals surface area contributed by atoms with Crippen LogP contribution in [0.5, 0.6) is 0 Å². The second-order valence-corrected chi connectivity index (χ2v) is 6.50. The van der Waals surface area contributed by atoms with Crippen molar-refractivity contribution in [2.24, 2.45) is 0 Å². The molecular weight excluding hydrogens is 352 g/mol. The molecule has 0 aliphatic rings. The van der Waals surface area contributed by atoms with Crippen LogP contribution in [0.3, 0.4) is 0 Å². The van der Waals surface area contributed by atoms with Gasteiger partial charge >= 0.3 is 0 Å². The van der Waals surface area contributed by atoms with Gasteiger partial charge in [0, 0.05) is 25.0 Å². The molecule has 1 N–H and O–H groups in total. The minimum atomic E-state index is -0.178. The Morgan fingerprint density at radius 3 is 3.00 bits per heavy atom. The van der Waals surface area contributed by atoms with Gasteiger partial charge in [-0.2, -0.15) is 10.1 Å². The highest BCUT2D eigenvalue weighted by molar-refractivity contribution is 7.13. The molecule has 0 atom stereocenters. The number of carbonyl (C=O) groups excluding carboxylic acids is 1. The Balaban J connectivity index is 1.51. The predicted octanol–water partition coefficient (Wildman–Crippen LogP) is 2.86. The fourth-order valence-electron chi connectivity index (χ4n) is 2.47. The molecule has 130 valence electrons. The van der Waals surface area contributed by atoms with E-state index in [2.05, 4.69) is 25.3 Å². The summed E-state index contributed by atoms with van der Waals surface area (Å²) in [6.45, 7) is 0.196. The summed E-state index contributed by atoms with van der Waals surface area (Å²) in [6.07, 6.45) is 4.86. The number of carbonyl (C=O) groups is 1. The average Bonchev–Trinajstić information content (AvgIpc) is 3.42. The number of thiophene rings is 1. The summed E-state index contributed by atoms with van der Waals surface area (Å²) in [5, 5.41) is 12.8. The third-order valence-electron chi connectivity index (χ3n) is 3.74. The molecule has 0 radical (unpaired) electrons. The smallest absolute Gasteiger partial charge is 0.257 e. The van der Waals surface area contributed by atoms with Gasteiger partial charge in [0.25, 0.3) is 5.91 Å². The Morgan fingerprint density at radius 1 is 1.31 bits per heavy atom. The summed E-state index contributed by atoms with van der Waals surface area (Å²) < 4.78 is 5.26. The van der Waals surface area contributed by atoms with Crippen molar-refractivity contribution >= 4 is 17.2 Å². The maximum atomic E-state index is 12.8. The van der Waals surface area contributed by atoms with Crippen LogP contribution in [-0.4, -0.2) is 43.2 Å². The topological polar surface area (TPSA) is 101 Å². The van der Waals surface area contributed by atoms with E-state index in [0.29, 0.717) is 23.0 Å². The van der Waals surface area contributed by atoms with E-state index < -0.39 is 0 Å². The minimum Gasteiger partial charge on any atom is -0.337 e. The number of hydrogen-bond donors (Lipinski definition) is 1. The number of amides is 1. The molecule has 0 aliphatic carbocycles. The Kier molecular flexibility index (Phi) is 4.28. The Labute approximate surface area is 152 Å². The van der Waals surface area contributed by atoms with Crippen molar-refractivity contribution in [1.29, 1.82) is 0 Å². The van der Waals surface area contributed by atoms with Gasteiger partial charge in [-0.3, -0.25) is 14.9 Å². The van der Waals surface area contributed by atoms with Crippen LogP contribution in [0.2, 0.25) is 0 Å². The Bertz CT molecular complexity index is 1010. The molecule has 0 unspecified atom stereocenters. The van der Waals surface area contributed by atoms with Gasteiger partial charge in [-0.1, -0.05) is 11.2 Å². The minimum absolute atomic E-state index is 0.178. The van der Waals surface area contributed by atoms with Gasteiger partial charge in [0.1, 0.15) is 6.54 Å². The van der Waals surface area contributed by atoms with Crippen LogP contribution in [0.25, 0.3) is 22.0 Å². The first-order valence-corrected chi connectivity index (χ1v) is 8.66. The number of aromatic nitrogens is 5. The number of rotatable bonds is 5. The van der Waals surface area contributed by atoms with Crippen LogP contribution in [0, 0.1) is 0 Å². The number of aromatic amines is 1. The normalized spacial score (nSPS) is 10.8. The first kappa shape index (κ1) is 16.2. The highest BCUT2D eigenvalue weighted by atomic mass is 32.1. The molecule has 0 saturated carbocycles. The van der Waals surface area contributed by atoms with Crippen molar-refractivity contribution in [2.45, 2.75) is 6.54 Å². The van der Waals surface area contributed by atoms with Gasteiger partial charge in [0.05, 0.1) is 22.3 Å². The summed E-state index contributed by atoms with van der Waals surface area (Å²) in [4.78, 5) is 23.6. The van der Waals surface area contributed by atoms with Crippen LogP contribution in [-0.2, 0) is 6.54 Å². The first-order valence-electron chi connectivity index (χ1n) is 7.78. The number of hydrogen-bond acceptors (Lipinski definition) is 7. The molecule has 1 amide bonds. The fraction of sp³-hybridized carbons (Fsp3) is 0.118. The first-order chi connectivity index (χ1) is 12.7. The van der Waals surface area contributed by atoms with Crippen LogP contribution >= 0.6 is 11.3 Å². The number of nitrogens with one attached hydrogen (secondary N) is 1. The van der Waals surface area contributed by atoms with Crippen LogP contribution in [0.15, 0.2) is 52.8 Å². The quantitative estimate of drug-likeness (QED) is 0.583. The molecule has 0 aliphatic heterocycles. The average molecular weight is 366 g/mol. The van der Waals surface area contributed by atoms with Gasteiger partial charge in [0.2, 0.25) is 11.7 Å². The van der Waals surface area contributed by atoms with Gasteiger partial charge in [-0.15, -0.1) is 11.3 Å². The zero-order valence-corrected chi connectivity index (χ0v) is 14.6. The van der Waals surface area contributed by atoms with E-state index >= 15 is 0 Å². The summed E-state index contributed by atoms with van der Waals surface area (Å²) in [6, 6.07) is 7.51. The molecule has 4 aromatic heterocycles. The molecule has 0 bridgehead atoms. The molecule has 4 rings (SSSR count). The number of H-pyrrole nitrogens is 1. The highest BCUT2D eigenvalue weighted by Crippen LogP contribution is 2.26. The molecule has 0 spiro atoms. The lowest BCUT2D eigenvalue weighted by atomic mass is 10.2. The summed E-state index contributed by atoms with van der Waals surface area (Å²) in [5.74, 6) is 0.612. The maximum absolute atomic E-state index is 12.8. The van der Waals surface area contributed by atoms with E-state index in [1.807, 2.05) is 23.6 Å². The lowest BCUT2D eigenvalue weighted by Gasteiger charge is -2.14. The number of nitrogens with zero attached hydrogens (tertiary/aromatic N) is 5. The van der Waals surface area contributed by atoms with Crippen molar-refractivity contribution in [3.05, 3.63) is 59.7 Å². The molecule has 4 aromatic rings. The molecule has 0 saturated heterocycles. The van der Waals surface area contributed by atoms with Crippen LogP contribution in [0.1, 0.15) is 16.2 Å². The van der Waals surface area contributed by atoms with Gasteiger partial charge < -0.3 is 9.42 Å². The third-order valence-corrected chi connectivity index (χ3v) is 4.63. The van der Waals surface area contributed by atoms with E-state index in [0.717, 1.165) is 10.4 Å². The van der Waals surface area contributed by atoms with E-state index in [4.69, 9.17) is 4.52 Å². The summed E-state index contributed by atoms with van der Waals surface area (Å²) in [7, 11) is 1.68. The van der Waals surface area contributed by atoms with Gasteiger partial charge in [-0.25, -0.2) is 0 Å². The third kappa shape index (κ3) is 3.11. The Hall–Kier alpha value is -3.33. The maximum Gasteiger partial charge on any atom is 0.257 e. The number of pyridine rings is 1. The van der Waals surface area contributed by atoms with Crippen molar-refractivity contribution in [3.63, 3.8) is 0 Å². The fourth-order valence-corrected chi connectivity index (χ4v) is 3.20. The molecule has 0 fully saturated rings. The van der Waals surface area contributed by atoms with E-state index in [1.54, 1.807) is 36.8 Å². The van der Waals surface area contributed by atoms with Gasteiger partial charge in [-0.05, 0) is 23.6 Å². The second kappa shape index (κ2) is 6.89. The summed E-state index contributed by atoms with van der Waals surface area (Å²) >= 11 is 1.54. The predicted molar refractivity (Wildman–Crippen MR) is 95.2 cm³/mol. The zero-order valence-electron chi connectivity index (χ0n) is 13.8. The monoisotopic (exact) mass is 366 g/mol. The molecule has 26 heavy (non-hydrogen) atoms. The van der Waals surface area contributed by atoms with Gasteiger partial charge in [0.15, 0.2) is 0 Å². The van der Waals surface area contributed by atoms with E-state index in [1.165, 1.54) is 11.1 Å². The molecule has 9 heteroatoms. The van der Waals surface area contributed by atoms with Crippen molar-refractivity contribution in [3.8, 4) is 22.0 Å². The molecule has 4 heterocycles. The largest absolute Gasteiger partial charge is 0.337 e. The standard InChI is InChI=1S/C17H14N6O2S/c1-23(10-14-20-16(22-25-14)11-4-2-6-18-8-11)17(24)12-9-19-21-15(12)13-5-3-7-26-13/h2-9H,10H2,1H3,(H,19,21). The van der Waals surface area contributed by atoms with E-state index in [-0.39, 0.29) is 12.5 Å². The molecular formula is C17H14N6O2S. The van der Waals surface area contributed by atoms with Crippen LogP contribution < -0.4 is 0 Å². The van der Waals surface area contributed by atoms with E-state index in [9.17, 15) is 4.79 Å². The van der Waals surface area contributed by atoms with Crippen LogP contribution in [0.4, 0.5) is 0 Å². The van der Waals surface area contributed by atoms with Crippen molar-refractivity contribution in [2.75, 3.05) is 7.05 Å². The SMILES string of the molecule is CN(Cc1nc(-c2cccnc2)no1)C(=O)c1cn[nH]c1-c1cccs1.